The van der Waals surface area contributed by atoms with Gasteiger partial charge in [-0.25, -0.2) is 0 Å². The zero-order valence-electron chi connectivity index (χ0n) is 7.47. The van der Waals surface area contributed by atoms with Crippen LogP contribution in [0.1, 0.15) is 26.2 Å². The number of amides is 1. The summed E-state index contributed by atoms with van der Waals surface area (Å²) < 4.78 is 0. The first kappa shape index (κ1) is 9.04. The quantitative estimate of drug-likeness (QED) is 0.490. The minimum atomic E-state index is -0.0744. The second kappa shape index (κ2) is 4.10. The molecule has 0 bridgehead atoms. The minimum absolute atomic E-state index is 0.0744. The lowest BCUT2D eigenvalue weighted by Gasteiger charge is -2.22. The summed E-state index contributed by atoms with van der Waals surface area (Å²) in [6, 6.07) is 0.240. The number of carbonyl (C=O) groups excluding carboxylic acids is 1. The minimum Gasteiger partial charge on any atom is -0.346 e. The molecule has 0 aromatic carbocycles. The van der Waals surface area contributed by atoms with Gasteiger partial charge in [0.1, 0.15) is 0 Å². The van der Waals surface area contributed by atoms with Crippen molar-refractivity contribution in [3.63, 3.8) is 0 Å². The zero-order chi connectivity index (χ0) is 8.97. The van der Waals surface area contributed by atoms with Crippen LogP contribution in [0, 0.1) is 0 Å². The highest BCUT2D eigenvalue weighted by Crippen LogP contribution is 2.17. The maximum Gasteiger partial charge on any atom is 0.243 e. The van der Waals surface area contributed by atoms with Gasteiger partial charge < -0.3 is 5.32 Å². The van der Waals surface area contributed by atoms with Gasteiger partial charge in [-0.15, -0.1) is 0 Å². The fraction of sp³-hybridized carbons (Fsp3) is 0.500. The van der Waals surface area contributed by atoms with Crippen molar-refractivity contribution in [2.24, 2.45) is 0 Å². The van der Waals surface area contributed by atoms with Crippen molar-refractivity contribution in [1.82, 2.24) is 5.32 Å². The molecular formula is C10H15NO. The zero-order valence-corrected chi connectivity index (χ0v) is 7.47. The van der Waals surface area contributed by atoms with Crippen molar-refractivity contribution in [3.8, 4) is 0 Å². The molecule has 0 heterocycles. The third-order valence-electron chi connectivity index (χ3n) is 2.21. The van der Waals surface area contributed by atoms with Crippen LogP contribution in [-0.2, 0) is 4.79 Å². The Bertz CT molecular complexity index is 218. The van der Waals surface area contributed by atoms with Gasteiger partial charge in [-0.1, -0.05) is 18.2 Å². The summed E-state index contributed by atoms with van der Waals surface area (Å²) in [6.45, 7) is 5.48. The van der Waals surface area contributed by atoms with Gasteiger partial charge in [-0.2, -0.15) is 0 Å². The Kier molecular flexibility index (Phi) is 3.09. The van der Waals surface area contributed by atoms with E-state index in [9.17, 15) is 4.79 Å². The van der Waals surface area contributed by atoms with Crippen molar-refractivity contribution in [2.45, 2.75) is 32.2 Å². The SMILES string of the molecule is C=CC(=O)NC1CCCC=C1C. The molecule has 2 heteroatoms. The van der Waals surface area contributed by atoms with Crippen molar-refractivity contribution in [2.75, 3.05) is 0 Å². The van der Waals surface area contributed by atoms with Crippen LogP contribution in [0.15, 0.2) is 24.3 Å². The van der Waals surface area contributed by atoms with Crippen molar-refractivity contribution in [3.05, 3.63) is 24.3 Å². The molecule has 2 nitrogen and oxygen atoms in total. The molecule has 1 unspecified atom stereocenters. The number of hydrogen-bond acceptors (Lipinski definition) is 1. The Labute approximate surface area is 73.4 Å². The molecular weight excluding hydrogens is 150 g/mol. The maximum atomic E-state index is 11.0. The summed E-state index contributed by atoms with van der Waals surface area (Å²) in [5.74, 6) is -0.0744. The summed E-state index contributed by atoms with van der Waals surface area (Å²) >= 11 is 0. The number of nitrogens with one attached hydrogen (secondary N) is 1. The summed E-state index contributed by atoms with van der Waals surface area (Å²) in [4.78, 5) is 11.0. The number of rotatable bonds is 2. The van der Waals surface area contributed by atoms with E-state index in [1.165, 1.54) is 18.1 Å². The van der Waals surface area contributed by atoms with Gasteiger partial charge in [-0.3, -0.25) is 4.79 Å². The highest BCUT2D eigenvalue weighted by atomic mass is 16.1. The van der Waals surface area contributed by atoms with E-state index in [1.54, 1.807) is 0 Å². The lowest BCUT2D eigenvalue weighted by Crippen LogP contribution is -2.35. The Balaban J connectivity index is 2.51. The number of allylic oxidation sites excluding steroid dienone is 1. The van der Waals surface area contributed by atoms with Gasteiger partial charge in [0, 0.05) is 0 Å². The molecule has 1 amide bonds. The van der Waals surface area contributed by atoms with Crippen LogP contribution in [0.3, 0.4) is 0 Å². The Morgan fingerprint density at radius 1 is 1.83 bits per heavy atom. The third kappa shape index (κ3) is 2.22. The summed E-state index contributed by atoms with van der Waals surface area (Å²) in [5.41, 5.74) is 1.27. The lowest BCUT2D eigenvalue weighted by molar-refractivity contribution is -0.117. The fourth-order valence-electron chi connectivity index (χ4n) is 1.44. The van der Waals surface area contributed by atoms with Gasteiger partial charge in [0.2, 0.25) is 5.91 Å². The number of carbonyl (C=O) groups is 1. The molecule has 1 aliphatic rings. The molecule has 1 aliphatic carbocycles. The molecule has 0 fully saturated rings. The van der Waals surface area contributed by atoms with E-state index < -0.39 is 0 Å². The van der Waals surface area contributed by atoms with E-state index in [-0.39, 0.29) is 11.9 Å². The van der Waals surface area contributed by atoms with E-state index in [0.717, 1.165) is 12.8 Å². The average Bonchev–Trinajstić information content (AvgIpc) is 2.09. The van der Waals surface area contributed by atoms with E-state index >= 15 is 0 Å². The van der Waals surface area contributed by atoms with Gasteiger partial charge in [0.15, 0.2) is 0 Å². The summed E-state index contributed by atoms with van der Waals surface area (Å²) in [7, 11) is 0. The molecule has 1 N–H and O–H groups in total. The largest absolute Gasteiger partial charge is 0.346 e. The highest BCUT2D eigenvalue weighted by Gasteiger charge is 2.14. The first-order valence-electron chi connectivity index (χ1n) is 4.33. The van der Waals surface area contributed by atoms with Gasteiger partial charge in [-0.05, 0) is 32.3 Å². The predicted octanol–water partition coefficient (Wildman–Crippen LogP) is 1.79. The molecule has 1 rings (SSSR count). The first-order chi connectivity index (χ1) is 5.74. The molecule has 12 heavy (non-hydrogen) atoms. The molecule has 1 atom stereocenters. The van der Waals surface area contributed by atoms with Gasteiger partial charge in [0.25, 0.3) is 0 Å². The normalized spacial score (nSPS) is 22.8. The highest BCUT2D eigenvalue weighted by molar-refractivity contribution is 5.87. The van der Waals surface area contributed by atoms with Crippen molar-refractivity contribution in [1.29, 1.82) is 0 Å². The smallest absolute Gasteiger partial charge is 0.243 e. The van der Waals surface area contributed by atoms with E-state index in [2.05, 4.69) is 24.9 Å². The molecule has 0 radical (unpaired) electrons. The molecule has 0 spiro atoms. The molecule has 0 saturated heterocycles. The molecule has 0 aromatic heterocycles. The predicted molar refractivity (Wildman–Crippen MR) is 49.7 cm³/mol. The van der Waals surface area contributed by atoms with Gasteiger partial charge in [0.05, 0.1) is 6.04 Å². The van der Waals surface area contributed by atoms with E-state index in [4.69, 9.17) is 0 Å². The Hall–Kier alpha value is -1.05. The fourth-order valence-corrected chi connectivity index (χ4v) is 1.44. The molecule has 0 saturated carbocycles. The Morgan fingerprint density at radius 2 is 2.58 bits per heavy atom. The topological polar surface area (TPSA) is 29.1 Å². The monoisotopic (exact) mass is 165 g/mol. The van der Waals surface area contributed by atoms with Gasteiger partial charge >= 0.3 is 0 Å². The average molecular weight is 165 g/mol. The van der Waals surface area contributed by atoms with Crippen LogP contribution in [0.4, 0.5) is 0 Å². The standard InChI is InChI=1S/C10H15NO/c1-3-10(12)11-9-7-5-4-6-8(9)2/h3,6,9H,1,4-5,7H2,2H3,(H,11,12). The second-order valence-corrected chi connectivity index (χ2v) is 3.14. The van der Waals surface area contributed by atoms with Crippen LogP contribution in [-0.4, -0.2) is 11.9 Å². The maximum absolute atomic E-state index is 11.0. The Morgan fingerprint density at radius 3 is 3.17 bits per heavy atom. The van der Waals surface area contributed by atoms with Crippen LogP contribution < -0.4 is 5.32 Å². The van der Waals surface area contributed by atoms with E-state index in [1.807, 2.05) is 0 Å². The summed E-state index contributed by atoms with van der Waals surface area (Å²) in [5, 5.41) is 2.89. The van der Waals surface area contributed by atoms with Crippen LogP contribution in [0.5, 0.6) is 0 Å². The van der Waals surface area contributed by atoms with Crippen LogP contribution in [0.25, 0.3) is 0 Å². The van der Waals surface area contributed by atoms with Crippen LogP contribution in [0.2, 0.25) is 0 Å². The molecule has 66 valence electrons. The lowest BCUT2D eigenvalue weighted by atomic mass is 9.95. The summed E-state index contributed by atoms with van der Waals surface area (Å²) in [6.07, 6.45) is 6.88. The number of hydrogen-bond donors (Lipinski definition) is 1. The van der Waals surface area contributed by atoms with Crippen molar-refractivity contribution < 1.29 is 4.79 Å². The van der Waals surface area contributed by atoms with E-state index in [0.29, 0.717) is 0 Å². The van der Waals surface area contributed by atoms with Crippen molar-refractivity contribution >= 4 is 5.91 Å². The van der Waals surface area contributed by atoms with Crippen LogP contribution >= 0.6 is 0 Å². The first-order valence-corrected chi connectivity index (χ1v) is 4.33. The second-order valence-electron chi connectivity index (χ2n) is 3.14. The molecule has 0 aliphatic heterocycles. The third-order valence-corrected chi connectivity index (χ3v) is 2.21. The molecule has 0 aromatic rings.